The van der Waals surface area contributed by atoms with Crippen LogP contribution >= 0.6 is 0 Å². The molecule has 1 N–H and O–H groups in total. The number of aliphatic hydroxyl groups is 1. The molecule has 0 radical (unpaired) electrons. The van der Waals surface area contributed by atoms with E-state index in [-0.39, 0.29) is 19.5 Å². The van der Waals surface area contributed by atoms with Crippen molar-refractivity contribution >= 4 is 34.3 Å². The van der Waals surface area contributed by atoms with Crippen molar-refractivity contribution in [1.82, 2.24) is 28.7 Å². The normalized spacial score (nSPS) is 15.1. The zero-order valence-electron chi connectivity index (χ0n) is 25.7. The first-order valence-electron chi connectivity index (χ1n) is 14.5. The highest BCUT2D eigenvalue weighted by Crippen LogP contribution is 2.32. The Morgan fingerprint density at radius 2 is 1.91 bits per heavy atom. The Morgan fingerprint density at radius 1 is 1.11 bits per heavy atom. The van der Waals surface area contributed by atoms with Gasteiger partial charge in [-0.05, 0) is 24.9 Å². The molecular formula is C32H34N10O3S. The summed E-state index contributed by atoms with van der Waals surface area (Å²) < 4.78 is 30.9. The fraction of sp³-hybridized carbons (Fsp3) is 0.312. The van der Waals surface area contributed by atoms with Gasteiger partial charge in [0.25, 0.3) is 0 Å². The number of fused-ring (bicyclic) bond motifs is 1. The Balaban J connectivity index is 1.23. The van der Waals surface area contributed by atoms with Crippen molar-refractivity contribution in [2.75, 3.05) is 43.9 Å². The fourth-order valence-electron chi connectivity index (χ4n) is 5.25. The van der Waals surface area contributed by atoms with Gasteiger partial charge in [0, 0.05) is 112 Å². The molecule has 1 saturated heterocycles. The SMILES string of the molecule is C=N/C=C(\C=N/C)CC#CCC(O)CS(=O)(=O)N1CCN(c2ccc(-c3cc(-c4cnn(C)c4)cn4ncc(C#N)c34)cn2)CC1. The molecule has 0 aromatic carbocycles. The predicted octanol–water partition coefficient (Wildman–Crippen LogP) is 2.55. The number of nitriles is 1. The number of anilines is 1. The molecular weight excluding hydrogens is 604 g/mol. The standard InChI is InChI=1S/C32H34N10O3S/c1-34-16-24(17-35-2)6-4-5-7-29(43)23-46(44,45)41-12-10-40(11-13-41)31-9-8-25(18-36-31)30-14-26(28-20-37-39(3)21-28)22-42-32(30)27(15-33)19-38-42/h8-9,14,16-22,29,43H,1,6-7,10-13,23H2,2-3H3/b24-16-,35-17-. The van der Waals surface area contributed by atoms with Crippen molar-refractivity contribution in [2.45, 2.75) is 18.9 Å². The number of allylic oxidation sites excluding steroid dienone is 1. The molecule has 4 aromatic rings. The van der Waals surface area contributed by atoms with Gasteiger partial charge in [-0.1, -0.05) is 5.92 Å². The number of hydrogen-bond acceptors (Lipinski definition) is 10. The highest BCUT2D eigenvalue weighted by atomic mass is 32.2. The molecule has 1 aliphatic heterocycles. The molecule has 236 valence electrons. The van der Waals surface area contributed by atoms with Crippen molar-refractivity contribution in [1.29, 1.82) is 5.26 Å². The van der Waals surface area contributed by atoms with E-state index in [0.717, 1.165) is 33.6 Å². The number of pyridine rings is 2. The third-order valence-electron chi connectivity index (χ3n) is 7.50. The molecule has 1 atom stereocenters. The molecule has 1 aliphatic rings. The highest BCUT2D eigenvalue weighted by molar-refractivity contribution is 7.89. The summed E-state index contributed by atoms with van der Waals surface area (Å²) in [5.74, 6) is 6.08. The summed E-state index contributed by atoms with van der Waals surface area (Å²) in [7, 11) is -0.183. The molecule has 4 aromatic heterocycles. The smallest absolute Gasteiger partial charge is 0.216 e. The second-order valence-corrected chi connectivity index (χ2v) is 12.8. The lowest BCUT2D eigenvalue weighted by molar-refractivity contribution is 0.200. The molecule has 46 heavy (non-hydrogen) atoms. The summed E-state index contributed by atoms with van der Waals surface area (Å²) >= 11 is 0. The summed E-state index contributed by atoms with van der Waals surface area (Å²) in [6.07, 6.45) is 11.4. The van der Waals surface area contributed by atoms with Crippen molar-refractivity contribution in [3.8, 4) is 40.2 Å². The van der Waals surface area contributed by atoms with E-state index in [1.54, 1.807) is 47.2 Å². The Morgan fingerprint density at radius 3 is 2.57 bits per heavy atom. The van der Waals surface area contributed by atoms with Gasteiger partial charge in [0.1, 0.15) is 11.9 Å². The van der Waals surface area contributed by atoms with Gasteiger partial charge < -0.3 is 10.0 Å². The lowest BCUT2D eigenvalue weighted by atomic mass is 10.0. The van der Waals surface area contributed by atoms with Gasteiger partial charge in [-0.25, -0.2) is 17.9 Å². The number of piperazine rings is 1. The summed E-state index contributed by atoms with van der Waals surface area (Å²) in [5, 5.41) is 28.8. The number of aliphatic imine (C=N–C) groups is 2. The fourth-order valence-corrected chi connectivity index (χ4v) is 6.78. The lowest BCUT2D eigenvalue weighted by Crippen LogP contribution is -2.50. The first-order valence-corrected chi connectivity index (χ1v) is 16.1. The minimum Gasteiger partial charge on any atom is -0.391 e. The van der Waals surface area contributed by atoms with E-state index in [2.05, 4.69) is 44.8 Å². The predicted molar refractivity (Wildman–Crippen MR) is 178 cm³/mol. The van der Waals surface area contributed by atoms with Crippen molar-refractivity contribution in [3.63, 3.8) is 0 Å². The van der Waals surface area contributed by atoms with E-state index in [9.17, 15) is 18.8 Å². The van der Waals surface area contributed by atoms with Gasteiger partial charge >= 0.3 is 0 Å². The Kier molecular flexibility index (Phi) is 10.0. The van der Waals surface area contributed by atoms with Crippen LogP contribution in [0, 0.1) is 23.2 Å². The summed E-state index contributed by atoms with van der Waals surface area (Å²) in [5.41, 5.74) is 5.37. The van der Waals surface area contributed by atoms with E-state index < -0.39 is 21.9 Å². The second-order valence-electron chi connectivity index (χ2n) is 10.7. The van der Waals surface area contributed by atoms with Crippen LogP contribution < -0.4 is 4.90 Å². The van der Waals surface area contributed by atoms with Gasteiger partial charge in [0.2, 0.25) is 10.0 Å². The summed E-state index contributed by atoms with van der Waals surface area (Å²) in [6.45, 7) is 4.88. The van der Waals surface area contributed by atoms with Crippen LogP contribution in [-0.2, 0) is 17.1 Å². The van der Waals surface area contributed by atoms with Gasteiger partial charge in [-0.2, -0.15) is 19.8 Å². The first kappa shape index (κ1) is 32.2. The molecule has 0 amide bonds. The van der Waals surface area contributed by atoms with Crippen molar-refractivity contribution in [2.24, 2.45) is 17.0 Å². The monoisotopic (exact) mass is 638 g/mol. The zero-order chi connectivity index (χ0) is 32.7. The summed E-state index contributed by atoms with van der Waals surface area (Å²) in [6, 6.07) is 8.07. The van der Waals surface area contributed by atoms with Gasteiger partial charge in [-0.3, -0.25) is 14.7 Å². The molecule has 1 fully saturated rings. The average Bonchev–Trinajstić information content (AvgIpc) is 3.69. The minimum atomic E-state index is -3.68. The van der Waals surface area contributed by atoms with Crippen LogP contribution in [0.5, 0.6) is 0 Å². The molecule has 13 nitrogen and oxygen atoms in total. The van der Waals surface area contributed by atoms with E-state index in [1.807, 2.05) is 42.5 Å². The number of aryl methyl sites for hydroxylation is 1. The van der Waals surface area contributed by atoms with Gasteiger partial charge in [0.05, 0.1) is 35.3 Å². The molecule has 5 heterocycles. The molecule has 0 spiro atoms. The number of nitrogens with zero attached hydrogens (tertiary/aromatic N) is 10. The van der Waals surface area contributed by atoms with Crippen LogP contribution in [0.3, 0.4) is 0 Å². The van der Waals surface area contributed by atoms with E-state index in [4.69, 9.17) is 4.98 Å². The maximum Gasteiger partial charge on any atom is 0.216 e. The van der Waals surface area contributed by atoms with Gasteiger partial charge in [-0.15, -0.1) is 5.92 Å². The maximum absolute atomic E-state index is 13.0. The van der Waals surface area contributed by atoms with Crippen molar-refractivity contribution in [3.05, 3.63) is 66.5 Å². The first-order chi connectivity index (χ1) is 22.2. The second kappa shape index (κ2) is 14.3. The molecule has 14 heteroatoms. The van der Waals surface area contributed by atoms with Crippen LogP contribution in [0.1, 0.15) is 18.4 Å². The lowest BCUT2D eigenvalue weighted by Gasteiger charge is -2.35. The number of aromatic nitrogens is 5. The molecule has 0 saturated carbocycles. The van der Waals surface area contributed by atoms with E-state index in [0.29, 0.717) is 30.6 Å². The summed E-state index contributed by atoms with van der Waals surface area (Å²) in [4.78, 5) is 14.4. The topological polar surface area (TPSA) is 157 Å². The highest BCUT2D eigenvalue weighted by Gasteiger charge is 2.29. The number of rotatable bonds is 10. The third kappa shape index (κ3) is 7.38. The molecule has 5 rings (SSSR count). The Labute approximate surface area is 267 Å². The van der Waals surface area contributed by atoms with Crippen LogP contribution in [0.2, 0.25) is 0 Å². The largest absolute Gasteiger partial charge is 0.391 e. The Bertz CT molecular complexity index is 1980. The number of sulfonamides is 1. The average molecular weight is 639 g/mol. The van der Waals surface area contributed by atoms with E-state index >= 15 is 0 Å². The minimum absolute atomic E-state index is 0.0418. The quantitative estimate of drug-likeness (QED) is 0.205. The molecule has 0 bridgehead atoms. The van der Waals surface area contributed by atoms with E-state index in [1.165, 1.54) is 4.31 Å². The van der Waals surface area contributed by atoms with Crippen LogP contribution in [0.25, 0.3) is 27.8 Å². The Hall–Kier alpha value is -5.15. The number of aliphatic hydroxyl groups excluding tert-OH is 1. The molecule has 1 unspecified atom stereocenters. The van der Waals surface area contributed by atoms with Gasteiger partial charge in [0.15, 0.2) is 0 Å². The van der Waals surface area contributed by atoms with Crippen LogP contribution in [0.4, 0.5) is 5.82 Å². The molecule has 0 aliphatic carbocycles. The van der Waals surface area contributed by atoms with Crippen LogP contribution in [0.15, 0.2) is 70.9 Å². The number of hydrogen-bond donors (Lipinski definition) is 1. The van der Waals surface area contributed by atoms with Crippen molar-refractivity contribution < 1.29 is 13.5 Å². The van der Waals surface area contributed by atoms with Crippen LogP contribution in [-0.4, -0.2) is 100 Å². The third-order valence-corrected chi connectivity index (χ3v) is 9.45. The zero-order valence-corrected chi connectivity index (χ0v) is 26.5. The maximum atomic E-state index is 13.0.